The minimum atomic E-state index is -0.232. The lowest BCUT2D eigenvalue weighted by atomic mass is 10.2. The second-order valence-corrected chi connectivity index (χ2v) is 4.14. The molecule has 1 rings (SSSR count). The summed E-state index contributed by atoms with van der Waals surface area (Å²) in [5.74, 6) is -0.232. The molecule has 0 heterocycles. The van der Waals surface area contributed by atoms with Gasteiger partial charge in [0.2, 0.25) is 5.91 Å². The number of carbonyl (C=O) groups is 1. The Balaban J connectivity index is 2.46. The van der Waals surface area contributed by atoms with Crippen molar-refractivity contribution in [3.05, 3.63) is 28.2 Å². The number of amides is 1. The van der Waals surface area contributed by atoms with Gasteiger partial charge in [-0.3, -0.25) is 4.79 Å². The molecule has 0 fully saturated rings. The fourth-order valence-electron chi connectivity index (χ4n) is 1.10. The van der Waals surface area contributed by atoms with Gasteiger partial charge in [-0.25, -0.2) is 0 Å². The van der Waals surface area contributed by atoms with Crippen molar-refractivity contribution < 1.29 is 14.6 Å². The normalized spacial score (nSPS) is 10.2. The van der Waals surface area contributed by atoms with Gasteiger partial charge in [0.05, 0.1) is 13.2 Å². The van der Waals surface area contributed by atoms with Crippen LogP contribution < -0.4 is 5.32 Å². The molecule has 0 atom stereocenters. The summed E-state index contributed by atoms with van der Waals surface area (Å²) in [6.07, 6.45) is 0. The molecule has 0 bridgehead atoms. The molecule has 0 aliphatic rings. The van der Waals surface area contributed by atoms with Crippen LogP contribution in [0.1, 0.15) is 5.56 Å². The summed E-state index contributed by atoms with van der Waals surface area (Å²) in [7, 11) is 0. The number of anilines is 1. The molecular formula is C11H14BrNO3. The molecule has 0 unspecified atom stereocenters. The van der Waals surface area contributed by atoms with Crippen LogP contribution in [0.4, 0.5) is 5.69 Å². The number of carbonyl (C=O) groups excluding carboxylic acids is 1. The summed E-state index contributed by atoms with van der Waals surface area (Å²) in [5.41, 5.74) is 1.82. The van der Waals surface area contributed by atoms with E-state index in [2.05, 4.69) is 21.2 Å². The van der Waals surface area contributed by atoms with Crippen LogP contribution in [0.3, 0.4) is 0 Å². The van der Waals surface area contributed by atoms with Crippen molar-refractivity contribution in [2.75, 3.05) is 25.1 Å². The Morgan fingerprint density at radius 1 is 1.56 bits per heavy atom. The fraction of sp³-hybridized carbons (Fsp3) is 0.364. The highest BCUT2D eigenvalue weighted by Gasteiger charge is 2.03. The van der Waals surface area contributed by atoms with E-state index in [1.807, 2.05) is 25.1 Å². The topological polar surface area (TPSA) is 58.6 Å². The van der Waals surface area contributed by atoms with Crippen molar-refractivity contribution in [3.63, 3.8) is 0 Å². The molecule has 0 radical (unpaired) electrons. The van der Waals surface area contributed by atoms with Crippen LogP contribution in [-0.4, -0.2) is 30.8 Å². The summed E-state index contributed by atoms with van der Waals surface area (Å²) < 4.78 is 5.84. The van der Waals surface area contributed by atoms with E-state index in [4.69, 9.17) is 9.84 Å². The van der Waals surface area contributed by atoms with Crippen LogP contribution in [0.25, 0.3) is 0 Å². The number of hydrogen-bond acceptors (Lipinski definition) is 3. The van der Waals surface area contributed by atoms with Crippen molar-refractivity contribution in [2.45, 2.75) is 6.92 Å². The largest absolute Gasteiger partial charge is 0.394 e. The third-order valence-electron chi connectivity index (χ3n) is 1.92. The first-order valence-electron chi connectivity index (χ1n) is 4.88. The maximum absolute atomic E-state index is 11.4. The van der Waals surface area contributed by atoms with Crippen molar-refractivity contribution in [1.29, 1.82) is 0 Å². The zero-order valence-corrected chi connectivity index (χ0v) is 10.6. The van der Waals surface area contributed by atoms with E-state index < -0.39 is 0 Å². The maximum Gasteiger partial charge on any atom is 0.250 e. The molecule has 0 saturated heterocycles. The van der Waals surface area contributed by atoms with Crippen LogP contribution in [-0.2, 0) is 9.53 Å². The van der Waals surface area contributed by atoms with E-state index in [1.54, 1.807) is 0 Å². The van der Waals surface area contributed by atoms with Crippen LogP contribution in [0.2, 0.25) is 0 Å². The van der Waals surface area contributed by atoms with Gasteiger partial charge in [-0.1, -0.05) is 22.0 Å². The highest BCUT2D eigenvalue weighted by molar-refractivity contribution is 9.10. The van der Waals surface area contributed by atoms with Crippen LogP contribution in [0, 0.1) is 6.92 Å². The minimum Gasteiger partial charge on any atom is -0.394 e. The number of hydrogen-bond donors (Lipinski definition) is 2. The molecule has 0 aliphatic carbocycles. The van der Waals surface area contributed by atoms with E-state index >= 15 is 0 Å². The molecule has 0 saturated carbocycles. The number of aryl methyl sites for hydroxylation is 1. The molecule has 0 aromatic heterocycles. The zero-order valence-electron chi connectivity index (χ0n) is 9.00. The first kappa shape index (κ1) is 13.2. The number of rotatable bonds is 5. The molecule has 16 heavy (non-hydrogen) atoms. The number of benzene rings is 1. The molecule has 1 amide bonds. The summed E-state index contributed by atoms with van der Waals surface area (Å²) >= 11 is 3.38. The smallest absolute Gasteiger partial charge is 0.250 e. The van der Waals surface area contributed by atoms with Gasteiger partial charge in [0.25, 0.3) is 0 Å². The van der Waals surface area contributed by atoms with Crippen molar-refractivity contribution in [3.8, 4) is 0 Å². The quantitative estimate of drug-likeness (QED) is 0.811. The van der Waals surface area contributed by atoms with Gasteiger partial charge in [-0.15, -0.1) is 0 Å². The van der Waals surface area contributed by atoms with Gasteiger partial charge in [-0.2, -0.15) is 0 Å². The SMILES string of the molecule is Cc1ccc(NC(=O)COCCO)cc1Br. The molecule has 4 nitrogen and oxygen atoms in total. The molecule has 1 aromatic rings. The van der Waals surface area contributed by atoms with Gasteiger partial charge in [0.1, 0.15) is 6.61 Å². The average Bonchev–Trinajstić information content (AvgIpc) is 2.24. The predicted octanol–water partition coefficient (Wildman–Crippen LogP) is 1.70. The lowest BCUT2D eigenvalue weighted by Gasteiger charge is -2.07. The van der Waals surface area contributed by atoms with E-state index in [9.17, 15) is 4.79 Å². The highest BCUT2D eigenvalue weighted by atomic mass is 79.9. The van der Waals surface area contributed by atoms with Gasteiger partial charge < -0.3 is 15.2 Å². The van der Waals surface area contributed by atoms with Crippen LogP contribution >= 0.6 is 15.9 Å². The standard InChI is InChI=1S/C11H14BrNO3/c1-8-2-3-9(6-10(8)12)13-11(15)7-16-5-4-14/h2-3,6,14H,4-5,7H2,1H3,(H,13,15). The molecule has 5 heteroatoms. The Morgan fingerprint density at radius 2 is 2.31 bits per heavy atom. The van der Waals surface area contributed by atoms with E-state index in [0.717, 1.165) is 15.7 Å². The fourth-order valence-corrected chi connectivity index (χ4v) is 1.48. The molecular weight excluding hydrogens is 274 g/mol. The van der Waals surface area contributed by atoms with E-state index in [1.165, 1.54) is 0 Å². The van der Waals surface area contributed by atoms with E-state index in [-0.39, 0.29) is 25.7 Å². The first-order chi connectivity index (χ1) is 7.63. The van der Waals surface area contributed by atoms with Gasteiger partial charge in [0, 0.05) is 10.2 Å². The Bertz CT molecular complexity index is 368. The number of nitrogens with one attached hydrogen (secondary N) is 1. The molecule has 0 aliphatic heterocycles. The molecule has 1 aromatic carbocycles. The molecule has 88 valence electrons. The lowest BCUT2D eigenvalue weighted by molar-refractivity contribution is -0.120. The minimum absolute atomic E-state index is 0.0495. The third kappa shape index (κ3) is 4.30. The van der Waals surface area contributed by atoms with Crippen LogP contribution in [0.5, 0.6) is 0 Å². The highest BCUT2D eigenvalue weighted by Crippen LogP contribution is 2.20. The maximum atomic E-state index is 11.4. The van der Waals surface area contributed by atoms with Gasteiger partial charge in [0.15, 0.2) is 0 Å². The Labute approximate surface area is 103 Å². The second-order valence-electron chi connectivity index (χ2n) is 3.29. The Kier molecular flexibility index (Phi) is 5.45. The lowest BCUT2D eigenvalue weighted by Crippen LogP contribution is -2.19. The monoisotopic (exact) mass is 287 g/mol. The summed E-state index contributed by atoms with van der Waals surface area (Å²) in [6, 6.07) is 5.57. The Hall–Kier alpha value is -0.910. The molecule has 2 N–H and O–H groups in total. The number of ether oxygens (including phenoxy) is 1. The van der Waals surface area contributed by atoms with Crippen molar-refractivity contribution in [1.82, 2.24) is 0 Å². The number of aliphatic hydroxyl groups excluding tert-OH is 1. The predicted molar refractivity (Wildman–Crippen MR) is 65.4 cm³/mol. The Morgan fingerprint density at radius 3 is 2.94 bits per heavy atom. The van der Waals surface area contributed by atoms with Crippen LogP contribution in [0.15, 0.2) is 22.7 Å². The van der Waals surface area contributed by atoms with E-state index in [0.29, 0.717) is 0 Å². The second kappa shape index (κ2) is 6.62. The average molecular weight is 288 g/mol. The number of aliphatic hydroxyl groups is 1. The summed E-state index contributed by atoms with van der Waals surface area (Å²) in [6.45, 7) is 2.01. The van der Waals surface area contributed by atoms with Crippen molar-refractivity contribution >= 4 is 27.5 Å². The van der Waals surface area contributed by atoms with Crippen molar-refractivity contribution in [2.24, 2.45) is 0 Å². The van der Waals surface area contributed by atoms with Gasteiger partial charge in [-0.05, 0) is 24.6 Å². The summed E-state index contributed by atoms with van der Waals surface area (Å²) in [4.78, 5) is 11.4. The number of halogens is 1. The van der Waals surface area contributed by atoms with Gasteiger partial charge >= 0.3 is 0 Å². The molecule has 0 spiro atoms. The first-order valence-corrected chi connectivity index (χ1v) is 5.67. The zero-order chi connectivity index (χ0) is 12.0. The summed E-state index contributed by atoms with van der Waals surface area (Å²) in [5, 5.41) is 11.2. The third-order valence-corrected chi connectivity index (χ3v) is 2.78.